The highest BCUT2D eigenvalue weighted by Gasteiger charge is 2.33. The second-order valence-electron chi connectivity index (χ2n) is 5.00. The third kappa shape index (κ3) is 3.23. The van der Waals surface area contributed by atoms with Gasteiger partial charge < -0.3 is 20.3 Å². The Kier molecular flexibility index (Phi) is 4.86. The van der Waals surface area contributed by atoms with Crippen LogP contribution in [0.15, 0.2) is 18.2 Å². The molecule has 1 aliphatic carbocycles. The van der Waals surface area contributed by atoms with Gasteiger partial charge in [0, 0.05) is 23.6 Å². The number of aliphatic hydroxyl groups is 2. The lowest BCUT2D eigenvalue weighted by Crippen LogP contribution is -2.33. The van der Waals surface area contributed by atoms with E-state index in [4.69, 9.17) is 21.4 Å². The summed E-state index contributed by atoms with van der Waals surface area (Å²) in [5.74, 6) is -0.0224. The maximum absolute atomic E-state index is 12.2. The van der Waals surface area contributed by atoms with Crippen LogP contribution in [-0.4, -0.2) is 42.0 Å². The van der Waals surface area contributed by atoms with Crippen molar-refractivity contribution in [1.29, 1.82) is 0 Å². The quantitative estimate of drug-likeness (QED) is 0.781. The summed E-state index contributed by atoms with van der Waals surface area (Å²) in [6.45, 7) is -0.0754. The van der Waals surface area contributed by atoms with E-state index < -0.39 is 6.10 Å². The van der Waals surface area contributed by atoms with E-state index in [0.29, 0.717) is 29.2 Å². The van der Waals surface area contributed by atoms with E-state index in [2.05, 4.69) is 5.32 Å². The van der Waals surface area contributed by atoms with Gasteiger partial charge in [-0.05, 0) is 31.0 Å². The van der Waals surface area contributed by atoms with Crippen molar-refractivity contribution in [2.45, 2.75) is 25.0 Å². The number of amides is 1. The molecule has 0 aromatic heterocycles. The van der Waals surface area contributed by atoms with Gasteiger partial charge in [0.15, 0.2) is 0 Å². The number of nitrogens with one attached hydrogen (secondary N) is 1. The van der Waals surface area contributed by atoms with Crippen LogP contribution in [0.2, 0.25) is 5.02 Å². The van der Waals surface area contributed by atoms with Crippen molar-refractivity contribution >= 4 is 17.5 Å². The van der Waals surface area contributed by atoms with Crippen LogP contribution in [0.1, 0.15) is 23.2 Å². The van der Waals surface area contributed by atoms with E-state index in [0.717, 1.165) is 0 Å². The number of hydrogen-bond acceptors (Lipinski definition) is 4. The molecule has 0 bridgehead atoms. The molecule has 5 nitrogen and oxygen atoms in total. The summed E-state index contributed by atoms with van der Waals surface area (Å²) in [6.07, 6.45) is 0.429. The molecule has 0 heterocycles. The Bertz CT molecular complexity index is 494. The maximum atomic E-state index is 12.2. The van der Waals surface area contributed by atoms with Crippen LogP contribution in [0.3, 0.4) is 0 Å². The first-order valence-electron chi connectivity index (χ1n) is 6.48. The van der Waals surface area contributed by atoms with Crippen molar-refractivity contribution in [1.82, 2.24) is 5.32 Å². The number of methoxy groups -OCH3 is 1. The van der Waals surface area contributed by atoms with Crippen molar-refractivity contribution in [3.05, 3.63) is 28.8 Å². The zero-order valence-electron chi connectivity index (χ0n) is 11.2. The Balaban J connectivity index is 2.07. The molecule has 1 saturated carbocycles. The molecule has 2 rings (SSSR count). The third-order valence-electron chi connectivity index (χ3n) is 3.63. The average molecular weight is 300 g/mol. The van der Waals surface area contributed by atoms with Gasteiger partial charge in [-0.3, -0.25) is 4.79 Å². The van der Waals surface area contributed by atoms with Crippen molar-refractivity contribution in [2.75, 3.05) is 13.7 Å². The number of benzene rings is 1. The van der Waals surface area contributed by atoms with Crippen molar-refractivity contribution in [3.8, 4) is 5.75 Å². The summed E-state index contributed by atoms with van der Waals surface area (Å²) in [4.78, 5) is 12.2. The Labute approximate surface area is 122 Å². The molecule has 6 heteroatoms. The third-order valence-corrected chi connectivity index (χ3v) is 3.87. The molecule has 1 aromatic rings. The molecule has 1 aliphatic rings. The average Bonchev–Trinajstić information content (AvgIpc) is 2.78. The summed E-state index contributed by atoms with van der Waals surface area (Å²) < 4.78 is 5.14. The van der Waals surface area contributed by atoms with Crippen LogP contribution in [0.5, 0.6) is 5.75 Å². The van der Waals surface area contributed by atoms with Crippen LogP contribution in [0.4, 0.5) is 0 Å². The molecular weight excluding hydrogens is 282 g/mol. The lowest BCUT2D eigenvalue weighted by atomic mass is 10.1. The second kappa shape index (κ2) is 6.43. The van der Waals surface area contributed by atoms with Gasteiger partial charge >= 0.3 is 0 Å². The number of carbonyl (C=O) groups excluding carboxylic acids is 1. The van der Waals surface area contributed by atoms with E-state index in [-0.39, 0.29) is 24.5 Å². The van der Waals surface area contributed by atoms with Gasteiger partial charge in [-0.1, -0.05) is 11.6 Å². The van der Waals surface area contributed by atoms with Crippen molar-refractivity contribution in [3.63, 3.8) is 0 Å². The van der Waals surface area contributed by atoms with Gasteiger partial charge in [0.2, 0.25) is 0 Å². The van der Waals surface area contributed by atoms with Gasteiger partial charge in [0.1, 0.15) is 5.75 Å². The molecule has 3 N–H and O–H groups in total. The lowest BCUT2D eigenvalue weighted by Gasteiger charge is -2.14. The summed E-state index contributed by atoms with van der Waals surface area (Å²) in [5, 5.41) is 22.1. The largest absolute Gasteiger partial charge is 0.496 e. The topological polar surface area (TPSA) is 78.8 Å². The van der Waals surface area contributed by atoms with Gasteiger partial charge in [-0.2, -0.15) is 0 Å². The summed E-state index contributed by atoms with van der Waals surface area (Å²) in [5.41, 5.74) is 0.363. The van der Waals surface area contributed by atoms with E-state index in [1.165, 1.54) is 7.11 Å². The Morgan fingerprint density at radius 3 is 2.85 bits per heavy atom. The molecule has 20 heavy (non-hydrogen) atoms. The van der Waals surface area contributed by atoms with Gasteiger partial charge in [-0.15, -0.1) is 0 Å². The van der Waals surface area contributed by atoms with E-state index in [9.17, 15) is 9.90 Å². The molecule has 110 valence electrons. The van der Waals surface area contributed by atoms with E-state index in [1.807, 2.05) is 0 Å². The van der Waals surface area contributed by atoms with Crippen LogP contribution in [0.25, 0.3) is 0 Å². The van der Waals surface area contributed by atoms with E-state index in [1.54, 1.807) is 18.2 Å². The van der Waals surface area contributed by atoms with Gasteiger partial charge in [0.05, 0.1) is 18.8 Å². The van der Waals surface area contributed by atoms with Gasteiger partial charge in [0.25, 0.3) is 5.91 Å². The number of aliphatic hydroxyl groups excluding tert-OH is 2. The highest BCUT2D eigenvalue weighted by molar-refractivity contribution is 6.31. The molecule has 0 radical (unpaired) electrons. The highest BCUT2D eigenvalue weighted by Crippen LogP contribution is 2.27. The van der Waals surface area contributed by atoms with Crippen molar-refractivity contribution in [2.24, 2.45) is 5.92 Å². The fourth-order valence-corrected chi connectivity index (χ4v) is 2.71. The standard InChI is InChI=1S/C14H18ClNO4/c1-20-13-3-2-9(15)5-11(13)14(19)16-10-4-8(7-17)12(18)6-10/h2-3,5,8,10,12,17-18H,4,6-7H2,1H3,(H,16,19)/t8-,10-,12+/m0/s1. The minimum Gasteiger partial charge on any atom is -0.496 e. The number of halogens is 1. The first kappa shape index (κ1) is 15.1. The minimum atomic E-state index is -0.577. The van der Waals surface area contributed by atoms with Crippen LogP contribution in [0, 0.1) is 5.92 Å². The molecular formula is C14H18ClNO4. The normalized spacial score (nSPS) is 25.5. The second-order valence-corrected chi connectivity index (χ2v) is 5.43. The SMILES string of the molecule is COc1ccc(Cl)cc1C(=O)N[C@H]1C[C@@H](CO)[C@H](O)C1. The summed E-state index contributed by atoms with van der Waals surface area (Å²) >= 11 is 5.89. The first-order chi connectivity index (χ1) is 9.55. The Morgan fingerprint density at radius 1 is 1.50 bits per heavy atom. The van der Waals surface area contributed by atoms with Crippen LogP contribution >= 0.6 is 11.6 Å². The van der Waals surface area contributed by atoms with Crippen molar-refractivity contribution < 1.29 is 19.7 Å². The van der Waals surface area contributed by atoms with Crippen LogP contribution < -0.4 is 10.1 Å². The highest BCUT2D eigenvalue weighted by atomic mass is 35.5. The zero-order valence-corrected chi connectivity index (χ0v) is 11.9. The van der Waals surface area contributed by atoms with Crippen LogP contribution in [-0.2, 0) is 0 Å². The molecule has 0 aliphatic heterocycles. The number of carbonyl (C=O) groups is 1. The number of rotatable bonds is 4. The molecule has 1 aromatic carbocycles. The predicted octanol–water partition coefficient (Wildman–Crippen LogP) is 1.21. The molecule has 0 saturated heterocycles. The molecule has 0 unspecified atom stereocenters. The Hall–Kier alpha value is -1.30. The molecule has 1 fully saturated rings. The summed E-state index contributed by atoms with van der Waals surface area (Å²) in [6, 6.07) is 4.68. The van der Waals surface area contributed by atoms with Gasteiger partial charge in [-0.25, -0.2) is 0 Å². The maximum Gasteiger partial charge on any atom is 0.255 e. The fourth-order valence-electron chi connectivity index (χ4n) is 2.54. The molecule has 0 spiro atoms. The smallest absolute Gasteiger partial charge is 0.255 e. The van der Waals surface area contributed by atoms with E-state index >= 15 is 0 Å². The fraction of sp³-hybridized carbons (Fsp3) is 0.500. The monoisotopic (exact) mass is 299 g/mol. The zero-order chi connectivity index (χ0) is 14.7. The Morgan fingerprint density at radius 2 is 2.25 bits per heavy atom. The summed E-state index contributed by atoms with van der Waals surface area (Å²) in [7, 11) is 1.49. The predicted molar refractivity (Wildman–Crippen MR) is 75.1 cm³/mol. The number of hydrogen-bond donors (Lipinski definition) is 3. The number of ether oxygens (including phenoxy) is 1. The lowest BCUT2D eigenvalue weighted by molar-refractivity contribution is 0.0903. The minimum absolute atomic E-state index is 0.0754. The first-order valence-corrected chi connectivity index (χ1v) is 6.86. The molecule has 1 amide bonds. The molecule has 3 atom stereocenters.